The summed E-state index contributed by atoms with van der Waals surface area (Å²) >= 11 is 0. The van der Waals surface area contributed by atoms with Gasteiger partial charge in [-0.25, -0.2) is 0 Å². The quantitative estimate of drug-likeness (QED) is 0.689. The summed E-state index contributed by atoms with van der Waals surface area (Å²) in [7, 11) is 0. The number of fused-ring (bicyclic) bond motifs is 1. The van der Waals surface area contributed by atoms with Crippen LogP contribution in [0.4, 0.5) is 0 Å². The Kier molecular flexibility index (Phi) is 2.62. The van der Waals surface area contributed by atoms with Crippen molar-refractivity contribution in [1.82, 2.24) is 0 Å². The fourth-order valence-electron chi connectivity index (χ4n) is 3.79. The monoisotopic (exact) mass is 219 g/mol. The number of nitriles is 1. The predicted molar refractivity (Wildman–Crippen MR) is 63.5 cm³/mol. The second-order valence-electron chi connectivity index (χ2n) is 5.86. The van der Waals surface area contributed by atoms with Gasteiger partial charge in [-0.3, -0.25) is 0 Å². The van der Waals surface area contributed by atoms with Gasteiger partial charge in [-0.1, -0.05) is 26.0 Å². The molecule has 2 saturated carbocycles. The van der Waals surface area contributed by atoms with Crippen LogP contribution in [0.25, 0.3) is 0 Å². The Bertz CT molecular complexity index is 354. The molecule has 88 valence electrons. The van der Waals surface area contributed by atoms with Gasteiger partial charge >= 0.3 is 0 Å². The Morgan fingerprint density at radius 2 is 2.12 bits per heavy atom. The first-order chi connectivity index (χ1) is 7.46. The Labute approximate surface area is 98.0 Å². The van der Waals surface area contributed by atoms with Gasteiger partial charge in [-0.05, 0) is 38.0 Å². The molecule has 0 heterocycles. The summed E-state index contributed by atoms with van der Waals surface area (Å²) in [5.41, 5.74) is 0.0630. The van der Waals surface area contributed by atoms with Gasteiger partial charge in [-0.2, -0.15) is 5.26 Å². The molecule has 0 spiro atoms. The van der Waals surface area contributed by atoms with Crippen molar-refractivity contribution in [2.24, 2.45) is 17.3 Å². The largest absolute Gasteiger partial charge is 0.389 e. The standard InChI is InChI=1S/C14H21NO/c1-10(2)14(16)7-4-6-13(9-15)8-5-11(3)12(13)14/h10,12,16H,3-8H2,1-2H3/t12-,13+,14-/m1/s1. The fraction of sp³-hybridized carbons (Fsp3) is 0.786. The molecule has 0 saturated heterocycles. The van der Waals surface area contributed by atoms with Gasteiger partial charge in [0.25, 0.3) is 0 Å². The van der Waals surface area contributed by atoms with E-state index in [0.717, 1.165) is 37.7 Å². The molecule has 0 aliphatic heterocycles. The van der Waals surface area contributed by atoms with Gasteiger partial charge in [0.2, 0.25) is 0 Å². The highest BCUT2D eigenvalue weighted by Crippen LogP contribution is 2.59. The molecule has 1 N–H and O–H groups in total. The molecule has 2 fully saturated rings. The molecule has 0 aromatic heterocycles. The van der Waals surface area contributed by atoms with Gasteiger partial charge in [0.05, 0.1) is 17.1 Å². The van der Waals surface area contributed by atoms with E-state index in [0.29, 0.717) is 0 Å². The molecule has 16 heavy (non-hydrogen) atoms. The molecule has 2 heteroatoms. The minimum atomic E-state index is -0.707. The van der Waals surface area contributed by atoms with Crippen LogP contribution in [0, 0.1) is 28.6 Å². The molecule has 3 atom stereocenters. The first-order valence-electron chi connectivity index (χ1n) is 6.27. The summed E-state index contributed by atoms with van der Waals surface area (Å²) in [6.45, 7) is 8.21. The van der Waals surface area contributed by atoms with Crippen LogP contribution in [0.5, 0.6) is 0 Å². The van der Waals surface area contributed by atoms with E-state index < -0.39 is 5.60 Å². The molecule has 2 aliphatic rings. The molecule has 0 aromatic rings. The van der Waals surface area contributed by atoms with E-state index in [-0.39, 0.29) is 17.3 Å². The lowest BCUT2D eigenvalue weighted by Crippen LogP contribution is -2.52. The fourth-order valence-corrected chi connectivity index (χ4v) is 3.79. The smallest absolute Gasteiger partial charge is 0.0750 e. The topological polar surface area (TPSA) is 44.0 Å². The molecule has 0 radical (unpaired) electrons. The Balaban J connectivity index is 2.45. The Morgan fingerprint density at radius 1 is 1.44 bits per heavy atom. The molecule has 0 amide bonds. The minimum Gasteiger partial charge on any atom is -0.389 e. The van der Waals surface area contributed by atoms with Gasteiger partial charge in [0, 0.05) is 5.92 Å². The second kappa shape index (κ2) is 3.60. The third-order valence-corrected chi connectivity index (χ3v) is 4.78. The van der Waals surface area contributed by atoms with Gasteiger partial charge < -0.3 is 5.11 Å². The first kappa shape index (κ1) is 11.7. The highest BCUT2D eigenvalue weighted by Gasteiger charge is 2.58. The lowest BCUT2D eigenvalue weighted by atomic mass is 9.58. The molecular weight excluding hydrogens is 198 g/mol. The third-order valence-electron chi connectivity index (χ3n) is 4.78. The molecule has 0 bridgehead atoms. The third kappa shape index (κ3) is 1.34. The van der Waals surface area contributed by atoms with E-state index in [2.05, 4.69) is 26.5 Å². The normalized spacial score (nSPS) is 43.2. The van der Waals surface area contributed by atoms with Gasteiger partial charge in [0.15, 0.2) is 0 Å². The van der Waals surface area contributed by atoms with Crippen LogP contribution < -0.4 is 0 Å². The van der Waals surface area contributed by atoms with Crippen molar-refractivity contribution in [2.45, 2.75) is 51.6 Å². The summed E-state index contributed by atoms with van der Waals surface area (Å²) < 4.78 is 0. The van der Waals surface area contributed by atoms with Crippen molar-refractivity contribution < 1.29 is 5.11 Å². The number of rotatable bonds is 1. The molecule has 0 aromatic carbocycles. The Morgan fingerprint density at radius 3 is 2.69 bits per heavy atom. The maximum atomic E-state index is 10.9. The van der Waals surface area contributed by atoms with Crippen molar-refractivity contribution in [3.63, 3.8) is 0 Å². The lowest BCUT2D eigenvalue weighted by Gasteiger charge is -2.48. The summed E-state index contributed by atoms with van der Waals surface area (Å²) in [6.07, 6.45) is 4.52. The zero-order valence-electron chi connectivity index (χ0n) is 10.3. The average molecular weight is 219 g/mol. The lowest BCUT2D eigenvalue weighted by molar-refractivity contribution is -0.102. The first-order valence-corrected chi connectivity index (χ1v) is 6.27. The van der Waals surface area contributed by atoms with Crippen LogP contribution in [0.1, 0.15) is 46.0 Å². The number of hydrogen-bond acceptors (Lipinski definition) is 2. The molecule has 2 rings (SSSR count). The van der Waals surface area contributed by atoms with E-state index in [1.54, 1.807) is 0 Å². The number of hydrogen-bond donors (Lipinski definition) is 1. The van der Waals surface area contributed by atoms with Crippen LogP contribution in [-0.4, -0.2) is 10.7 Å². The van der Waals surface area contributed by atoms with E-state index in [1.807, 2.05) is 0 Å². The maximum Gasteiger partial charge on any atom is 0.0750 e. The molecule has 0 unspecified atom stereocenters. The zero-order chi connectivity index (χ0) is 12.0. The van der Waals surface area contributed by atoms with Crippen LogP contribution >= 0.6 is 0 Å². The van der Waals surface area contributed by atoms with Gasteiger partial charge in [0.1, 0.15) is 0 Å². The maximum absolute atomic E-state index is 10.9. The summed E-state index contributed by atoms with van der Waals surface area (Å²) in [4.78, 5) is 0. The predicted octanol–water partition coefficient (Wildman–Crippen LogP) is 3.03. The SMILES string of the molecule is C=C1CC[C@]2(C#N)CCC[C@@](O)(C(C)C)[C@H]12. The van der Waals surface area contributed by atoms with E-state index >= 15 is 0 Å². The summed E-state index contributed by atoms with van der Waals surface area (Å²) in [6, 6.07) is 2.50. The van der Waals surface area contributed by atoms with E-state index in [4.69, 9.17) is 0 Å². The van der Waals surface area contributed by atoms with Crippen molar-refractivity contribution >= 4 is 0 Å². The van der Waals surface area contributed by atoms with Crippen molar-refractivity contribution in [3.8, 4) is 6.07 Å². The van der Waals surface area contributed by atoms with E-state index in [9.17, 15) is 10.4 Å². The highest BCUT2D eigenvalue weighted by atomic mass is 16.3. The van der Waals surface area contributed by atoms with Crippen LogP contribution in [0.15, 0.2) is 12.2 Å². The number of nitrogens with zero attached hydrogens (tertiary/aromatic N) is 1. The molecular formula is C14H21NO. The van der Waals surface area contributed by atoms with Crippen LogP contribution in [0.3, 0.4) is 0 Å². The average Bonchev–Trinajstić information content (AvgIpc) is 2.58. The van der Waals surface area contributed by atoms with E-state index in [1.165, 1.54) is 0 Å². The minimum absolute atomic E-state index is 0.00116. The summed E-state index contributed by atoms with van der Waals surface area (Å²) in [5, 5.41) is 20.4. The van der Waals surface area contributed by atoms with Crippen molar-refractivity contribution in [3.05, 3.63) is 12.2 Å². The highest BCUT2D eigenvalue weighted by molar-refractivity contribution is 5.28. The van der Waals surface area contributed by atoms with Crippen LogP contribution in [0.2, 0.25) is 0 Å². The van der Waals surface area contributed by atoms with Crippen LogP contribution in [-0.2, 0) is 0 Å². The van der Waals surface area contributed by atoms with Crippen molar-refractivity contribution in [2.75, 3.05) is 0 Å². The summed E-state index contributed by atoms with van der Waals surface area (Å²) in [5.74, 6) is 0.194. The molecule has 2 nitrogen and oxygen atoms in total. The molecule has 2 aliphatic carbocycles. The zero-order valence-corrected chi connectivity index (χ0v) is 10.3. The number of aliphatic hydroxyl groups is 1. The second-order valence-corrected chi connectivity index (χ2v) is 5.86. The van der Waals surface area contributed by atoms with Gasteiger partial charge in [-0.15, -0.1) is 0 Å². The Hall–Kier alpha value is -0.810. The van der Waals surface area contributed by atoms with Crippen molar-refractivity contribution in [1.29, 1.82) is 5.26 Å².